The molecule has 6 rings (SSSR count). The molecule has 1 unspecified atom stereocenters. The highest BCUT2D eigenvalue weighted by Gasteiger charge is 2.55. The highest BCUT2D eigenvalue weighted by Crippen LogP contribution is 2.59. The SMILES string of the molecule is Cn1cc(-c2ccno2)c(C(=O)N2CCC3(CC2)CC3CNC(=O)c2cc3cnccc3[nH]2)n1. The van der Waals surface area contributed by atoms with Gasteiger partial charge in [-0.3, -0.25) is 19.3 Å². The molecular formula is C24H25N7O3. The first-order valence-corrected chi connectivity index (χ1v) is 11.5. The number of carbonyl (C=O) groups is 2. The number of nitrogens with zero attached hydrogens (tertiary/aromatic N) is 5. The predicted molar refractivity (Wildman–Crippen MR) is 123 cm³/mol. The maximum absolute atomic E-state index is 13.2. The van der Waals surface area contributed by atoms with Crippen molar-refractivity contribution in [2.75, 3.05) is 19.6 Å². The Morgan fingerprint density at radius 2 is 2.12 bits per heavy atom. The fraction of sp³-hybridized carbons (Fsp3) is 0.375. The molecule has 4 aromatic rings. The Balaban J connectivity index is 1.05. The van der Waals surface area contributed by atoms with Gasteiger partial charge in [-0.05, 0) is 42.7 Å². The third kappa shape index (κ3) is 3.55. The van der Waals surface area contributed by atoms with E-state index in [9.17, 15) is 9.59 Å². The summed E-state index contributed by atoms with van der Waals surface area (Å²) in [6.45, 7) is 2.02. The van der Waals surface area contributed by atoms with Gasteiger partial charge in [0.25, 0.3) is 11.8 Å². The Hall–Kier alpha value is -3.95. The number of hydrogen-bond donors (Lipinski definition) is 2. The molecule has 0 bridgehead atoms. The van der Waals surface area contributed by atoms with Crippen LogP contribution in [0.5, 0.6) is 0 Å². The van der Waals surface area contributed by atoms with Gasteiger partial charge in [0.15, 0.2) is 11.5 Å². The lowest BCUT2D eigenvalue weighted by atomic mass is 9.90. The Labute approximate surface area is 195 Å². The van der Waals surface area contributed by atoms with Gasteiger partial charge in [0.2, 0.25) is 0 Å². The molecule has 2 N–H and O–H groups in total. The van der Waals surface area contributed by atoms with E-state index in [1.165, 1.54) is 0 Å². The van der Waals surface area contributed by atoms with Crippen LogP contribution in [0.4, 0.5) is 0 Å². The second-order valence-corrected chi connectivity index (χ2v) is 9.35. The summed E-state index contributed by atoms with van der Waals surface area (Å²) in [5.74, 6) is 0.801. The number of rotatable bonds is 5. The fourth-order valence-electron chi connectivity index (χ4n) is 5.22. The minimum absolute atomic E-state index is 0.0827. The molecule has 2 fully saturated rings. The maximum Gasteiger partial charge on any atom is 0.275 e. The van der Waals surface area contributed by atoms with Gasteiger partial charge in [-0.15, -0.1) is 0 Å². The summed E-state index contributed by atoms with van der Waals surface area (Å²) in [5, 5.41) is 12.1. The van der Waals surface area contributed by atoms with Crippen LogP contribution in [0.1, 0.15) is 40.2 Å². The summed E-state index contributed by atoms with van der Waals surface area (Å²) >= 11 is 0. The zero-order valence-corrected chi connectivity index (χ0v) is 18.8. The Morgan fingerprint density at radius 1 is 1.26 bits per heavy atom. The first-order chi connectivity index (χ1) is 16.5. The van der Waals surface area contributed by atoms with Crippen LogP contribution in [0.25, 0.3) is 22.2 Å². The van der Waals surface area contributed by atoms with Crippen LogP contribution in [0.15, 0.2) is 47.5 Å². The Kier molecular flexibility index (Phi) is 4.75. The minimum Gasteiger partial charge on any atom is -0.356 e. The number of aromatic nitrogens is 5. The summed E-state index contributed by atoms with van der Waals surface area (Å²) in [4.78, 5) is 34.9. The maximum atomic E-state index is 13.2. The van der Waals surface area contributed by atoms with Gasteiger partial charge in [-0.25, -0.2) is 0 Å². The van der Waals surface area contributed by atoms with E-state index >= 15 is 0 Å². The van der Waals surface area contributed by atoms with Crippen LogP contribution in [0.2, 0.25) is 0 Å². The number of piperidine rings is 1. The molecule has 2 amide bonds. The van der Waals surface area contributed by atoms with Crippen molar-refractivity contribution in [1.82, 2.24) is 35.1 Å². The van der Waals surface area contributed by atoms with Gasteiger partial charge >= 0.3 is 0 Å². The number of aryl methyl sites for hydroxylation is 1. The van der Waals surface area contributed by atoms with Crippen LogP contribution in [0, 0.1) is 11.3 Å². The van der Waals surface area contributed by atoms with E-state index in [0.29, 0.717) is 48.3 Å². The van der Waals surface area contributed by atoms with E-state index in [4.69, 9.17) is 4.52 Å². The smallest absolute Gasteiger partial charge is 0.275 e. The highest BCUT2D eigenvalue weighted by molar-refractivity contribution is 5.98. The molecule has 1 aliphatic heterocycles. The summed E-state index contributed by atoms with van der Waals surface area (Å²) in [6, 6.07) is 5.42. The molecular weight excluding hydrogens is 434 g/mol. The van der Waals surface area contributed by atoms with E-state index in [-0.39, 0.29) is 17.2 Å². The molecule has 0 radical (unpaired) electrons. The van der Waals surface area contributed by atoms with Crippen molar-refractivity contribution in [3.63, 3.8) is 0 Å². The lowest BCUT2D eigenvalue weighted by molar-refractivity contribution is 0.0662. The number of H-pyrrole nitrogens is 1. The lowest BCUT2D eigenvalue weighted by Gasteiger charge is -2.32. The number of likely N-dealkylation sites (tertiary alicyclic amines) is 1. The van der Waals surface area contributed by atoms with Crippen molar-refractivity contribution >= 4 is 22.7 Å². The second-order valence-electron chi connectivity index (χ2n) is 9.35. The molecule has 1 spiro atoms. The topological polar surface area (TPSA) is 122 Å². The standard InChI is InChI=1S/C24H25N7O3/c1-30-14-17(20-3-7-27-34-20)21(29-30)23(33)31-8-4-24(5-9-31)11-16(24)13-26-22(32)19-10-15-12-25-6-2-18(15)28-19/h2-3,6-7,10,12,14,16,28H,4-5,8-9,11,13H2,1H3,(H,26,32). The Bertz CT molecular complexity index is 1330. The second kappa shape index (κ2) is 7.82. The van der Waals surface area contributed by atoms with Crippen LogP contribution >= 0.6 is 0 Å². The number of pyridine rings is 1. The minimum atomic E-state index is -0.0963. The normalized spacial score (nSPS) is 19.0. The molecule has 10 nitrogen and oxygen atoms in total. The average molecular weight is 460 g/mol. The largest absolute Gasteiger partial charge is 0.356 e. The van der Waals surface area contributed by atoms with E-state index in [1.54, 1.807) is 42.6 Å². The zero-order chi connectivity index (χ0) is 23.3. The molecule has 0 aromatic carbocycles. The fourth-order valence-corrected chi connectivity index (χ4v) is 5.22. The average Bonchev–Trinajstić information content (AvgIpc) is 3.32. The molecule has 2 aliphatic rings. The van der Waals surface area contributed by atoms with Crippen molar-refractivity contribution in [2.45, 2.75) is 19.3 Å². The van der Waals surface area contributed by atoms with E-state index in [2.05, 4.69) is 25.5 Å². The van der Waals surface area contributed by atoms with Gasteiger partial charge < -0.3 is 19.7 Å². The number of amides is 2. The number of fused-ring (bicyclic) bond motifs is 1. The number of hydrogen-bond acceptors (Lipinski definition) is 6. The summed E-state index contributed by atoms with van der Waals surface area (Å²) in [7, 11) is 1.79. The van der Waals surface area contributed by atoms with Gasteiger partial charge in [-0.2, -0.15) is 5.10 Å². The van der Waals surface area contributed by atoms with Crippen molar-refractivity contribution in [1.29, 1.82) is 0 Å². The highest BCUT2D eigenvalue weighted by atomic mass is 16.5. The van der Waals surface area contributed by atoms with Gasteiger partial charge in [0.1, 0.15) is 5.69 Å². The lowest BCUT2D eigenvalue weighted by Crippen LogP contribution is -2.40. The predicted octanol–water partition coefficient (Wildman–Crippen LogP) is 2.62. The van der Waals surface area contributed by atoms with Crippen molar-refractivity contribution < 1.29 is 14.1 Å². The summed E-state index contributed by atoms with van der Waals surface area (Å²) < 4.78 is 6.87. The van der Waals surface area contributed by atoms with E-state index in [1.807, 2.05) is 17.0 Å². The Morgan fingerprint density at radius 3 is 2.88 bits per heavy atom. The van der Waals surface area contributed by atoms with Gasteiger partial charge in [-0.1, -0.05) is 5.16 Å². The van der Waals surface area contributed by atoms with Gasteiger partial charge in [0.05, 0.1) is 11.8 Å². The molecule has 1 saturated carbocycles. The molecule has 1 aliphatic carbocycles. The van der Waals surface area contributed by atoms with Crippen LogP contribution in [-0.4, -0.2) is 61.3 Å². The third-order valence-corrected chi connectivity index (χ3v) is 7.31. The summed E-state index contributed by atoms with van der Waals surface area (Å²) in [6.07, 6.45) is 9.73. The third-order valence-electron chi connectivity index (χ3n) is 7.31. The monoisotopic (exact) mass is 459 g/mol. The molecule has 174 valence electrons. The van der Waals surface area contributed by atoms with Crippen LogP contribution in [0.3, 0.4) is 0 Å². The van der Waals surface area contributed by atoms with E-state index < -0.39 is 0 Å². The quantitative estimate of drug-likeness (QED) is 0.473. The number of nitrogens with one attached hydrogen (secondary N) is 2. The molecule has 1 saturated heterocycles. The van der Waals surface area contributed by atoms with Crippen molar-refractivity contribution in [2.24, 2.45) is 18.4 Å². The van der Waals surface area contributed by atoms with Crippen molar-refractivity contribution in [3.8, 4) is 11.3 Å². The molecule has 4 aromatic heterocycles. The molecule has 1 atom stereocenters. The number of aromatic amines is 1. The summed E-state index contributed by atoms with van der Waals surface area (Å²) in [5.41, 5.74) is 2.72. The first-order valence-electron chi connectivity index (χ1n) is 11.5. The van der Waals surface area contributed by atoms with Crippen molar-refractivity contribution in [3.05, 3.63) is 54.4 Å². The van der Waals surface area contributed by atoms with Crippen LogP contribution < -0.4 is 5.32 Å². The van der Waals surface area contributed by atoms with Crippen LogP contribution in [-0.2, 0) is 7.05 Å². The molecule has 10 heteroatoms. The number of carbonyl (C=O) groups excluding carboxylic acids is 2. The van der Waals surface area contributed by atoms with Gasteiger partial charge in [0, 0.05) is 62.2 Å². The zero-order valence-electron chi connectivity index (χ0n) is 18.8. The molecule has 34 heavy (non-hydrogen) atoms. The van der Waals surface area contributed by atoms with E-state index in [0.717, 1.165) is 30.2 Å². The molecule has 5 heterocycles. The first kappa shape index (κ1) is 20.6.